The lowest BCUT2D eigenvalue weighted by atomic mass is 9.90. The predicted molar refractivity (Wildman–Crippen MR) is 68.2 cm³/mol. The van der Waals surface area contributed by atoms with Crippen molar-refractivity contribution in [2.75, 3.05) is 13.1 Å². The first kappa shape index (κ1) is 13.0. The standard InChI is InChI=1S/C12H13BrN2O3/c1-12(11(17)18)4-5-15(7-12)10(16)8-2-3-9(13)14-6-8/h2-3,6H,4-5,7H2,1H3,(H,17,18). The van der Waals surface area contributed by atoms with Gasteiger partial charge in [-0.1, -0.05) is 0 Å². The van der Waals surface area contributed by atoms with Crippen LogP contribution in [0.25, 0.3) is 0 Å². The third-order valence-corrected chi connectivity index (χ3v) is 3.72. The Morgan fingerprint density at radius 2 is 2.22 bits per heavy atom. The molecule has 0 aromatic carbocycles. The van der Waals surface area contributed by atoms with E-state index in [0.717, 1.165) is 0 Å². The van der Waals surface area contributed by atoms with Crippen LogP contribution in [0.2, 0.25) is 0 Å². The summed E-state index contributed by atoms with van der Waals surface area (Å²) in [5, 5.41) is 9.12. The maximum absolute atomic E-state index is 12.1. The Bertz CT molecular complexity index is 489. The van der Waals surface area contributed by atoms with Crippen LogP contribution in [0, 0.1) is 5.41 Å². The summed E-state index contributed by atoms with van der Waals surface area (Å²) < 4.78 is 0.663. The number of aromatic nitrogens is 1. The molecule has 0 saturated carbocycles. The minimum absolute atomic E-state index is 0.167. The van der Waals surface area contributed by atoms with Gasteiger partial charge in [-0.05, 0) is 41.4 Å². The smallest absolute Gasteiger partial charge is 0.311 e. The Morgan fingerprint density at radius 3 is 2.72 bits per heavy atom. The van der Waals surface area contributed by atoms with E-state index in [-0.39, 0.29) is 12.5 Å². The van der Waals surface area contributed by atoms with Crippen LogP contribution in [-0.4, -0.2) is 40.0 Å². The van der Waals surface area contributed by atoms with E-state index in [1.807, 2.05) is 0 Å². The van der Waals surface area contributed by atoms with E-state index in [1.54, 1.807) is 24.0 Å². The molecular formula is C12H13BrN2O3. The first-order chi connectivity index (χ1) is 8.42. The molecule has 6 heteroatoms. The molecule has 1 N–H and O–H groups in total. The monoisotopic (exact) mass is 312 g/mol. The van der Waals surface area contributed by atoms with Gasteiger partial charge >= 0.3 is 5.97 Å². The van der Waals surface area contributed by atoms with Crippen LogP contribution in [0.15, 0.2) is 22.9 Å². The Labute approximate surface area is 113 Å². The van der Waals surface area contributed by atoms with E-state index in [9.17, 15) is 9.59 Å². The van der Waals surface area contributed by atoms with E-state index in [4.69, 9.17) is 5.11 Å². The molecule has 1 saturated heterocycles. The van der Waals surface area contributed by atoms with Crippen molar-refractivity contribution in [3.8, 4) is 0 Å². The minimum Gasteiger partial charge on any atom is -0.481 e. The number of carboxylic acid groups (broad SMARTS) is 1. The number of hydrogen-bond donors (Lipinski definition) is 1. The Hall–Kier alpha value is -1.43. The van der Waals surface area contributed by atoms with Crippen molar-refractivity contribution in [3.63, 3.8) is 0 Å². The average molecular weight is 313 g/mol. The second-order valence-corrected chi connectivity index (χ2v) is 5.52. The fraction of sp³-hybridized carbons (Fsp3) is 0.417. The summed E-state index contributed by atoms with van der Waals surface area (Å²) in [5.41, 5.74) is -0.355. The van der Waals surface area contributed by atoms with Gasteiger partial charge in [0.25, 0.3) is 5.91 Å². The van der Waals surface area contributed by atoms with Gasteiger partial charge in [-0.3, -0.25) is 9.59 Å². The average Bonchev–Trinajstić information content (AvgIpc) is 2.73. The van der Waals surface area contributed by atoms with Crippen LogP contribution in [0.1, 0.15) is 23.7 Å². The highest BCUT2D eigenvalue weighted by Crippen LogP contribution is 2.30. The van der Waals surface area contributed by atoms with Crippen molar-refractivity contribution in [3.05, 3.63) is 28.5 Å². The van der Waals surface area contributed by atoms with Crippen molar-refractivity contribution in [1.82, 2.24) is 9.88 Å². The number of carboxylic acids is 1. The third kappa shape index (κ3) is 2.38. The van der Waals surface area contributed by atoms with Crippen LogP contribution >= 0.6 is 15.9 Å². The Morgan fingerprint density at radius 1 is 1.50 bits per heavy atom. The topological polar surface area (TPSA) is 70.5 Å². The Balaban J connectivity index is 2.12. The lowest BCUT2D eigenvalue weighted by Gasteiger charge is -2.20. The van der Waals surface area contributed by atoms with Gasteiger partial charge in [0.1, 0.15) is 4.60 Å². The summed E-state index contributed by atoms with van der Waals surface area (Å²) in [6.07, 6.45) is 1.97. The number of halogens is 1. The van der Waals surface area contributed by atoms with Crippen molar-refractivity contribution in [2.24, 2.45) is 5.41 Å². The zero-order chi connectivity index (χ0) is 13.3. The van der Waals surface area contributed by atoms with Crippen LogP contribution in [0.3, 0.4) is 0 Å². The number of carbonyl (C=O) groups excluding carboxylic acids is 1. The van der Waals surface area contributed by atoms with Crippen molar-refractivity contribution in [2.45, 2.75) is 13.3 Å². The fourth-order valence-electron chi connectivity index (χ4n) is 1.99. The molecule has 1 aliphatic rings. The van der Waals surface area contributed by atoms with Crippen molar-refractivity contribution < 1.29 is 14.7 Å². The lowest BCUT2D eigenvalue weighted by molar-refractivity contribution is -0.147. The first-order valence-corrected chi connectivity index (χ1v) is 6.36. The number of rotatable bonds is 2. The molecule has 1 amide bonds. The second kappa shape index (κ2) is 4.68. The number of carbonyl (C=O) groups is 2. The molecule has 1 aromatic heterocycles. The van der Waals surface area contributed by atoms with E-state index >= 15 is 0 Å². The van der Waals surface area contributed by atoms with Gasteiger partial charge in [-0.25, -0.2) is 4.98 Å². The van der Waals surface area contributed by atoms with E-state index in [0.29, 0.717) is 23.1 Å². The molecule has 0 aliphatic carbocycles. The van der Waals surface area contributed by atoms with E-state index in [2.05, 4.69) is 20.9 Å². The van der Waals surface area contributed by atoms with Crippen molar-refractivity contribution >= 4 is 27.8 Å². The summed E-state index contributed by atoms with van der Waals surface area (Å²) in [6.45, 7) is 2.39. The second-order valence-electron chi connectivity index (χ2n) is 4.71. The minimum atomic E-state index is -0.855. The maximum atomic E-state index is 12.1. The molecule has 0 radical (unpaired) electrons. The Kier molecular flexibility index (Phi) is 3.38. The molecule has 2 rings (SSSR count). The highest BCUT2D eigenvalue weighted by molar-refractivity contribution is 9.10. The van der Waals surface area contributed by atoms with Gasteiger partial charge in [-0.2, -0.15) is 0 Å². The lowest BCUT2D eigenvalue weighted by Crippen LogP contribution is -2.34. The van der Waals surface area contributed by atoms with E-state index in [1.165, 1.54) is 6.20 Å². The summed E-state index contributed by atoms with van der Waals surface area (Å²) in [7, 11) is 0. The fourth-order valence-corrected chi connectivity index (χ4v) is 2.23. The zero-order valence-corrected chi connectivity index (χ0v) is 11.5. The molecular weight excluding hydrogens is 300 g/mol. The highest BCUT2D eigenvalue weighted by Gasteiger charge is 2.42. The maximum Gasteiger partial charge on any atom is 0.311 e. The van der Waals surface area contributed by atoms with Crippen LogP contribution < -0.4 is 0 Å². The van der Waals surface area contributed by atoms with Crippen LogP contribution in [0.4, 0.5) is 0 Å². The number of hydrogen-bond acceptors (Lipinski definition) is 3. The summed E-state index contributed by atoms with van der Waals surface area (Å²) in [6, 6.07) is 3.37. The quantitative estimate of drug-likeness (QED) is 0.845. The molecule has 2 heterocycles. The van der Waals surface area contributed by atoms with E-state index < -0.39 is 11.4 Å². The number of aliphatic carboxylic acids is 1. The number of amides is 1. The molecule has 1 fully saturated rings. The van der Waals surface area contributed by atoms with Crippen LogP contribution in [0.5, 0.6) is 0 Å². The molecule has 5 nitrogen and oxygen atoms in total. The normalized spacial score (nSPS) is 23.1. The molecule has 1 aliphatic heterocycles. The molecule has 1 aromatic rings. The molecule has 18 heavy (non-hydrogen) atoms. The summed E-state index contributed by atoms with van der Waals surface area (Å²) >= 11 is 3.20. The number of pyridine rings is 1. The van der Waals surface area contributed by atoms with Gasteiger partial charge in [0.15, 0.2) is 0 Å². The molecule has 0 bridgehead atoms. The first-order valence-electron chi connectivity index (χ1n) is 5.57. The summed E-state index contributed by atoms with van der Waals surface area (Å²) in [5.74, 6) is -1.02. The third-order valence-electron chi connectivity index (χ3n) is 3.25. The largest absolute Gasteiger partial charge is 0.481 e. The molecule has 0 spiro atoms. The van der Waals surface area contributed by atoms with Gasteiger partial charge in [0.2, 0.25) is 0 Å². The van der Waals surface area contributed by atoms with Crippen molar-refractivity contribution in [1.29, 1.82) is 0 Å². The number of likely N-dealkylation sites (tertiary alicyclic amines) is 1. The van der Waals surface area contributed by atoms with Crippen LogP contribution in [-0.2, 0) is 4.79 Å². The zero-order valence-electron chi connectivity index (χ0n) is 9.89. The van der Waals surface area contributed by atoms with Gasteiger partial charge in [-0.15, -0.1) is 0 Å². The van der Waals surface area contributed by atoms with Gasteiger partial charge in [0, 0.05) is 19.3 Å². The molecule has 1 atom stereocenters. The molecule has 1 unspecified atom stereocenters. The highest BCUT2D eigenvalue weighted by atomic mass is 79.9. The molecule has 96 valence electrons. The number of nitrogens with zero attached hydrogens (tertiary/aromatic N) is 2. The van der Waals surface area contributed by atoms with Gasteiger partial charge < -0.3 is 10.0 Å². The summed E-state index contributed by atoms with van der Waals surface area (Å²) in [4.78, 5) is 28.8. The SMILES string of the molecule is CC1(C(=O)O)CCN(C(=O)c2ccc(Br)nc2)C1. The van der Waals surface area contributed by atoms with Gasteiger partial charge in [0.05, 0.1) is 11.0 Å². The predicted octanol–water partition coefficient (Wildman–Crippen LogP) is 1.78.